The molecule has 0 spiro atoms. The van der Waals surface area contributed by atoms with Crippen molar-refractivity contribution in [2.24, 2.45) is 4.99 Å². The van der Waals surface area contributed by atoms with E-state index in [0.29, 0.717) is 37.7 Å². The van der Waals surface area contributed by atoms with Crippen LogP contribution in [0.15, 0.2) is 29.3 Å². The third-order valence-electron chi connectivity index (χ3n) is 4.03. The number of guanidine groups is 1. The predicted molar refractivity (Wildman–Crippen MR) is 121 cm³/mol. The summed E-state index contributed by atoms with van der Waals surface area (Å²) in [5, 5.41) is 12.1. The van der Waals surface area contributed by atoms with Gasteiger partial charge in [0.15, 0.2) is 5.96 Å². The Morgan fingerprint density at radius 3 is 2.17 bits per heavy atom. The van der Waals surface area contributed by atoms with Crippen LogP contribution in [0.2, 0.25) is 0 Å². The van der Waals surface area contributed by atoms with Gasteiger partial charge in [0.1, 0.15) is 5.60 Å². The molecule has 0 unspecified atom stereocenters. The van der Waals surface area contributed by atoms with Gasteiger partial charge >= 0.3 is 6.09 Å². The summed E-state index contributed by atoms with van der Waals surface area (Å²) in [6.07, 6.45) is 2.37. The van der Waals surface area contributed by atoms with Crippen molar-refractivity contribution in [3.63, 3.8) is 0 Å². The minimum Gasteiger partial charge on any atom is -0.444 e. The Kier molecular flexibility index (Phi) is 11.3. The lowest BCUT2D eigenvalue weighted by molar-refractivity contribution is 0.0527. The normalized spacial score (nSPS) is 11.6. The summed E-state index contributed by atoms with van der Waals surface area (Å²) in [5.41, 5.74) is 1.22. The van der Waals surface area contributed by atoms with Gasteiger partial charge in [-0.25, -0.2) is 4.79 Å². The number of ether oxygens (including phenoxy) is 1. The minimum atomic E-state index is -0.495. The predicted octanol–water partition coefficient (Wildman–Crippen LogP) is 2.80. The fraction of sp³-hybridized carbons (Fsp3) is 0.591. The zero-order chi connectivity index (χ0) is 22.4. The molecule has 0 aromatic heterocycles. The van der Waals surface area contributed by atoms with Gasteiger partial charge in [0.25, 0.3) is 5.91 Å². The fourth-order valence-corrected chi connectivity index (χ4v) is 2.46. The van der Waals surface area contributed by atoms with E-state index in [1.165, 1.54) is 0 Å². The van der Waals surface area contributed by atoms with Gasteiger partial charge in [0, 0.05) is 38.8 Å². The van der Waals surface area contributed by atoms with Crippen molar-refractivity contribution in [1.29, 1.82) is 0 Å². The number of aliphatic imine (C=N–C) groups is 1. The van der Waals surface area contributed by atoms with Crippen LogP contribution in [0.25, 0.3) is 0 Å². The number of amides is 2. The van der Waals surface area contributed by atoms with E-state index < -0.39 is 11.7 Å². The smallest absolute Gasteiger partial charge is 0.407 e. The van der Waals surface area contributed by atoms with Crippen LogP contribution in [0.3, 0.4) is 0 Å². The molecule has 0 aliphatic carbocycles. The van der Waals surface area contributed by atoms with E-state index in [-0.39, 0.29) is 5.91 Å². The number of unbranched alkanes of at least 4 members (excludes halogenated alkanes) is 1. The summed E-state index contributed by atoms with van der Waals surface area (Å²) in [6, 6.07) is 7.52. The third kappa shape index (κ3) is 11.3. The Balaban J connectivity index is 2.29. The fourth-order valence-electron chi connectivity index (χ4n) is 2.46. The topological polar surface area (TPSA) is 104 Å². The second kappa shape index (κ2) is 13.5. The Hall–Kier alpha value is -2.77. The second-order valence-electron chi connectivity index (χ2n) is 7.94. The number of hydrogen-bond donors (Lipinski definition) is 4. The Morgan fingerprint density at radius 2 is 1.57 bits per heavy atom. The first-order chi connectivity index (χ1) is 14.2. The molecule has 0 aliphatic heterocycles. The van der Waals surface area contributed by atoms with Crippen LogP contribution in [0.4, 0.5) is 4.79 Å². The largest absolute Gasteiger partial charge is 0.444 e. The average molecular weight is 420 g/mol. The van der Waals surface area contributed by atoms with Gasteiger partial charge in [0.2, 0.25) is 0 Å². The molecule has 0 bridgehead atoms. The highest BCUT2D eigenvalue weighted by Crippen LogP contribution is 2.06. The second-order valence-corrected chi connectivity index (χ2v) is 7.94. The number of carbonyl (C=O) groups is 2. The summed E-state index contributed by atoms with van der Waals surface area (Å²) in [5.74, 6) is 0.633. The highest BCUT2D eigenvalue weighted by molar-refractivity contribution is 5.94. The van der Waals surface area contributed by atoms with Crippen LogP contribution >= 0.6 is 0 Å². The summed E-state index contributed by atoms with van der Waals surface area (Å²) >= 11 is 0. The van der Waals surface area contributed by atoms with E-state index in [0.717, 1.165) is 24.8 Å². The van der Waals surface area contributed by atoms with E-state index >= 15 is 0 Å². The molecule has 0 saturated heterocycles. The number of benzene rings is 1. The number of rotatable bonds is 10. The first kappa shape index (κ1) is 25.3. The molecule has 0 fully saturated rings. The van der Waals surface area contributed by atoms with Crippen LogP contribution in [0, 0.1) is 0 Å². The van der Waals surface area contributed by atoms with Crippen LogP contribution in [-0.4, -0.2) is 50.2 Å². The third-order valence-corrected chi connectivity index (χ3v) is 4.03. The van der Waals surface area contributed by atoms with Crippen molar-refractivity contribution in [3.8, 4) is 0 Å². The Labute approximate surface area is 180 Å². The maximum absolute atomic E-state index is 12.0. The van der Waals surface area contributed by atoms with Crippen molar-refractivity contribution in [2.45, 2.75) is 59.1 Å². The molecule has 168 valence electrons. The van der Waals surface area contributed by atoms with Crippen LogP contribution < -0.4 is 21.3 Å². The van der Waals surface area contributed by atoms with E-state index in [4.69, 9.17) is 4.74 Å². The molecule has 0 radical (unpaired) electrons. The van der Waals surface area contributed by atoms with Crippen molar-refractivity contribution >= 4 is 18.0 Å². The zero-order valence-corrected chi connectivity index (χ0v) is 18.9. The maximum atomic E-state index is 12.0. The van der Waals surface area contributed by atoms with Crippen LogP contribution in [0.1, 0.15) is 62.9 Å². The SMILES string of the molecule is CCCCNC(=O)c1ccc(CNC(=NC)NCCCNC(=O)OC(C)(C)C)cc1. The lowest BCUT2D eigenvalue weighted by atomic mass is 10.1. The van der Waals surface area contributed by atoms with Crippen molar-refractivity contribution in [2.75, 3.05) is 26.7 Å². The highest BCUT2D eigenvalue weighted by Gasteiger charge is 2.15. The summed E-state index contributed by atoms with van der Waals surface area (Å²) in [4.78, 5) is 27.8. The van der Waals surface area contributed by atoms with Gasteiger partial charge in [-0.15, -0.1) is 0 Å². The lowest BCUT2D eigenvalue weighted by Gasteiger charge is -2.19. The number of carbonyl (C=O) groups excluding carboxylic acids is 2. The molecule has 0 heterocycles. The first-order valence-corrected chi connectivity index (χ1v) is 10.5. The molecule has 1 aromatic carbocycles. The maximum Gasteiger partial charge on any atom is 0.407 e. The average Bonchev–Trinajstić information content (AvgIpc) is 2.69. The monoisotopic (exact) mass is 419 g/mol. The molecule has 0 saturated carbocycles. The van der Waals surface area contributed by atoms with Crippen LogP contribution in [0.5, 0.6) is 0 Å². The molecule has 2 amide bonds. The Bertz CT molecular complexity index is 681. The van der Waals surface area contributed by atoms with E-state index in [1.54, 1.807) is 7.05 Å². The zero-order valence-electron chi connectivity index (χ0n) is 18.9. The van der Waals surface area contributed by atoms with Crippen molar-refractivity contribution < 1.29 is 14.3 Å². The minimum absolute atomic E-state index is 0.0413. The van der Waals surface area contributed by atoms with Gasteiger partial charge in [0.05, 0.1) is 0 Å². The first-order valence-electron chi connectivity index (χ1n) is 10.5. The molecule has 4 N–H and O–H groups in total. The molecular formula is C22H37N5O3. The van der Waals surface area contributed by atoms with E-state index in [2.05, 4.69) is 33.2 Å². The quantitative estimate of drug-likeness (QED) is 0.265. The van der Waals surface area contributed by atoms with Crippen molar-refractivity contribution in [1.82, 2.24) is 21.3 Å². The number of nitrogens with one attached hydrogen (secondary N) is 4. The Morgan fingerprint density at radius 1 is 0.933 bits per heavy atom. The summed E-state index contributed by atoms with van der Waals surface area (Å²) in [7, 11) is 1.71. The lowest BCUT2D eigenvalue weighted by Crippen LogP contribution is -2.39. The molecule has 8 nitrogen and oxygen atoms in total. The summed E-state index contributed by atoms with van der Waals surface area (Å²) in [6.45, 7) is 10.1. The molecule has 1 aromatic rings. The highest BCUT2D eigenvalue weighted by atomic mass is 16.6. The standard InChI is InChI=1S/C22H37N5O3/c1-6-7-13-24-19(28)18-11-9-17(10-12-18)16-27-20(23-5)25-14-8-15-26-21(29)30-22(2,3)4/h9-12H,6-8,13-16H2,1-5H3,(H,24,28)(H,26,29)(H2,23,25,27). The van der Waals surface area contributed by atoms with Gasteiger partial charge in [-0.05, 0) is 51.3 Å². The molecule has 30 heavy (non-hydrogen) atoms. The van der Waals surface area contributed by atoms with E-state index in [9.17, 15) is 9.59 Å². The van der Waals surface area contributed by atoms with Crippen LogP contribution in [-0.2, 0) is 11.3 Å². The van der Waals surface area contributed by atoms with Crippen molar-refractivity contribution in [3.05, 3.63) is 35.4 Å². The molecule has 8 heteroatoms. The molecule has 0 atom stereocenters. The van der Waals surface area contributed by atoms with Gasteiger partial charge in [-0.1, -0.05) is 25.5 Å². The van der Waals surface area contributed by atoms with Gasteiger partial charge in [-0.2, -0.15) is 0 Å². The van der Waals surface area contributed by atoms with Gasteiger partial charge < -0.3 is 26.0 Å². The number of hydrogen-bond acceptors (Lipinski definition) is 4. The van der Waals surface area contributed by atoms with Gasteiger partial charge in [-0.3, -0.25) is 9.79 Å². The number of alkyl carbamates (subject to hydrolysis) is 1. The summed E-state index contributed by atoms with van der Waals surface area (Å²) < 4.78 is 5.19. The van der Waals surface area contributed by atoms with E-state index in [1.807, 2.05) is 45.0 Å². The molecule has 0 aliphatic rings. The molecular weight excluding hydrogens is 382 g/mol. The number of nitrogens with zero attached hydrogens (tertiary/aromatic N) is 1. The molecule has 1 rings (SSSR count).